The minimum Gasteiger partial charge on any atom is -0.420 e. The molecule has 25 heavy (non-hydrogen) atoms. The summed E-state index contributed by atoms with van der Waals surface area (Å²) >= 11 is 0. The monoisotopic (exact) mass is 422 g/mol. The Kier molecular flexibility index (Phi) is 16.2. The van der Waals surface area contributed by atoms with Gasteiger partial charge in [0.2, 0.25) is 0 Å². The number of hydrogen-bond acceptors (Lipinski definition) is 3. The summed E-state index contributed by atoms with van der Waals surface area (Å²) in [5.74, 6) is 0. The highest BCUT2D eigenvalue weighted by atomic mass is 28.5. The molecule has 0 bridgehead atoms. The van der Waals surface area contributed by atoms with Gasteiger partial charge in [-0.3, -0.25) is 0 Å². The molecule has 0 atom stereocenters. The molecule has 0 amide bonds. The van der Waals surface area contributed by atoms with E-state index in [1.165, 1.54) is 64.2 Å². The molecular formula is C18H46O3Si4. The molecule has 0 N–H and O–H groups in total. The quantitative estimate of drug-likeness (QED) is 0.217. The summed E-state index contributed by atoms with van der Waals surface area (Å²) in [6.45, 7) is 15.8. The molecule has 0 spiro atoms. The summed E-state index contributed by atoms with van der Waals surface area (Å²) in [6, 6.07) is 1.05. The van der Waals surface area contributed by atoms with Gasteiger partial charge in [-0.15, -0.1) is 0 Å². The van der Waals surface area contributed by atoms with Crippen LogP contribution in [0.15, 0.2) is 0 Å². The van der Waals surface area contributed by atoms with E-state index in [1.54, 1.807) is 0 Å². The Morgan fingerprint density at radius 1 is 0.520 bits per heavy atom. The lowest BCUT2D eigenvalue weighted by Gasteiger charge is -2.35. The number of hydrogen-bond donors (Lipinski definition) is 0. The molecule has 0 fully saturated rings. The van der Waals surface area contributed by atoms with Crippen LogP contribution < -0.4 is 0 Å². The maximum Gasteiger partial charge on any atom is 0.468 e. The predicted octanol–water partition coefficient (Wildman–Crippen LogP) is 5.85. The van der Waals surface area contributed by atoms with Gasteiger partial charge in [0.05, 0.1) is 0 Å². The molecule has 0 aromatic heterocycles. The third-order valence-electron chi connectivity index (χ3n) is 4.08. The summed E-state index contributed by atoms with van der Waals surface area (Å²) in [7, 11) is -5.81. The number of rotatable bonds is 17. The third kappa shape index (κ3) is 15.5. The molecule has 0 aromatic rings. The Morgan fingerprint density at radius 2 is 0.840 bits per heavy atom. The normalized spacial score (nSPS) is 12.7. The van der Waals surface area contributed by atoms with Crippen molar-refractivity contribution in [3.8, 4) is 0 Å². The van der Waals surface area contributed by atoms with Crippen LogP contribution in [0.25, 0.3) is 0 Å². The first-order chi connectivity index (χ1) is 11.8. The first-order valence-corrected chi connectivity index (χ1v) is 21.1. The Hall–Kier alpha value is 0.748. The Labute approximate surface area is 164 Å². The van der Waals surface area contributed by atoms with Crippen LogP contribution in [0.2, 0.25) is 45.3 Å². The molecule has 152 valence electrons. The largest absolute Gasteiger partial charge is 0.468 e. The second-order valence-electron chi connectivity index (χ2n) is 8.11. The van der Waals surface area contributed by atoms with E-state index < -0.39 is 35.9 Å². The van der Waals surface area contributed by atoms with E-state index in [9.17, 15) is 0 Å². The molecule has 0 radical (unpaired) electrons. The van der Waals surface area contributed by atoms with Gasteiger partial charge >= 0.3 is 8.80 Å². The third-order valence-corrected chi connectivity index (χ3v) is 15.0. The fraction of sp³-hybridized carbons (Fsp3) is 1.00. The molecule has 3 nitrogen and oxygen atoms in total. The lowest BCUT2D eigenvalue weighted by molar-refractivity contribution is 0.266. The van der Waals surface area contributed by atoms with Crippen molar-refractivity contribution in [3.63, 3.8) is 0 Å². The van der Waals surface area contributed by atoms with Crippen LogP contribution in [0.1, 0.15) is 71.1 Å². The second-order valence-corrected chi connectivity index (χ2v) is 19.1. The van der Waals surface area contributed by atoms with Gasteiger partial charge in [-0.05, 0) is 45.7 Å². The first-order valence-electron chi connectivity index (χ1n) is 10.8. The first kappa shape index (κ1) is 25.7. The molecule has 0 aliphatic rings. The van der Waals surface area contributed by atoms with Gasteiger partial charge in [0, 0.05) is 6.04 Å². The Balaban J connectivity index is 4.15. The standard InChI is InChI=1S/C18H46O3Si4/c1-8-9-10-11-12-13-14-15-16-17-18-25(19-22(2)3,20-23(4)5)21-24(6)7/h22-24H,8-18H2,1-7H3. The van der Waals surface area contributed by atoms with Crippen molar-refractivity contribution in [1.29, 1.82) is 0 Å². The second kappa shape index (κ2) is 15.8. The molecule has 0 rings (SSSR count). The van der Waals surface area contributed by atoms with E-state index in [-0.39, 0.29) is 0 Å². The van der Waals surface area contributed by atoms with Gasteiger partial charge in [-0.1, -0.05) is 64.7 Å². The maximum absolute atomic E-state index is 6.44. The van der Waals surface area contributed by atoms with Crippen molar-refractivity contribution in [2.75, 3.05) is 0 Å². The van der Waals surface area contributed by atoms with E-state index in [4.69, 9.17) is 12.3 Å². The van der Waals surface area contributed by atoms with E-state index in [1.807, 2.05) is 0 Å². The van der Waals surface area contributed by atoms with Crippen molar-refractivity contribution in [2.45, 2.75) is 116 Å². The lowest BCUT2D eigenvalue weighted by atomic mass is 10.1. The van der Waals surface area contributed by atoms with Crippen LogP contribution >= 0.6 is 0 Å². The van der Waals surface area contributed by atoms with Gasteiger partial charge in [-0.25, -0.2) is 0 Å². The zero-order valence-corrected chi connectivity index (χ0v) is 22.7. The van der Waals surface area contributed by atoms with Gasteiger partial charge in [0.25, 0.3) is 0 Å². The zero-order valence-electron chi connectivity index (χ0n) is 18.2. The highest BCUT2D eigenvalue weighted by molar-refractivity contribution is 6.79. The molecule has 0 saturated heterocycles. The van der Waals surface area contributed by atoms with Crippen molar-refractivity contribution >= 4 is 35.9 Å². The molecule has 0 aromatic carbocycles. The topological polar surface area (TPSA) is 27.7 Å². The highest BCUT2D eigenvalue weighted by Crippen LogP contribution is 2.23. The smallest absolute Gasteiger partial charge is 0.420 e. The lowest BCUT2D eigenvalue weighted by Crippen LogP contribution is -2.53. The van der Waals surface area contributed by atoms with E-state index in [0.717, 1.165) is 6.04 Å². The zero-order chi connectivity index (χ0) is 19.1. The highest BCUT2D eigenvalue weighted by Gasteiger charge is 2.42. The van der Waals surface area contributed by atoms with E-state index >= 15 is 0 Å². The summed E-state index contributed by atoms with van der Waals surface area (Å²) in [4.78, 5) is 0. The number of unbranched alkanes of at least 4 members (excludes halogenated alkanes) is 9. The summed E-state index contributed by atoms with van der Waals surface area (Å²) in [5, 5.41) is 0. The van der Waals surface area contributed by atoms with Crippen LogP contribution in [0.4, 0.5) is 0 Å². The van der Waals surface area contributed by atoms with Crippen LogP contribution in [0.5, 0.6) is 0 Å². The molecular weight excluding hydrogens is 377 g/mol. The van der Waals surface area contributed by atoms with Crippen molar-refractivity contribution < 1.29 is 12.3 Å². The summed E-state index contributed by atoms with van der Waals surface area (Å²) in [5.41, 5.74) is 0. The Bertz CT molecular complexity index is 276. The average molecular weight is 423 g/mol. The molecule has 0 aliphatic carbocycles. The average Bonchev–Trinajstić information content (AvgIpc) is 2.47. The molecule has 7 heteroatoms. The van der Waals surface area contributed by atoms with Gasteiger partial charge in [0.1, 0.15) is 0 Å². The molecule has 0 heterocycles. The summed E-state index contributed by atoms with van der Waals surface area (Å²) in [6.07, 6.45) is 13.7. The van der Waals surface area contributed by atoms with Gasteiger partial charge < -0.3 is 12.3 Å². The van der Waals surface area contributed by atoms with Crippen molar-refractivity contribution in [3.05, 3.63) is 0 Å². The van der Waals surface area contributed by atoms with Crippen molar-refractivity contribution in [1.82, 2.24) is 0 Å². The van der Waals surface area contributed by atoms with Crippen LogP contribution in [-0.4, -0.2) is 35.9 Å². The predicted molar refractivity (Wildman–Crippen MR) is 122 cm³/mol. The molecule has 0 unspecified atom stereocenters. The Morgan fingerprint density at radius 3 is 1.16 bits per heavy atom. The minimum atomic E-state index is -2.39. The van der Waals surface area contributed by atoms with Crippen molar-refractivity contribution in [2.24, 2.45) is 0 Å². The molecule has 0 saturated carbocycles. The molecule has 0 aliphatic heterocycles. The van der Waals surface area contributed by atoms with Gasteiger partial charge in [0.15, 0.2) is 27.1 Å². The van der Waals surface area contributed by atoms with E-state index in [2.05, 4.69) is 46.2 Å². The SMILES string of the molecule is CCCCCCCCCCCC[Si](O[SiH](C)C)(O[SiH](C)C)O[SiH](C)C. The van der Waals surface area contributed by atoms with Crippen LogP contribution in [-0.2, 0) is 12.3 Å². The van der Waals surface area contributed by atoms with E-state index in [0.29, 0.717) is 0 Å². The van der Waals surface area contributed by atoms with Crippen LogP contribution in [0, 0.1) is 0 Å². The summed E-state index contributed by atoms with van der Waals surface area (Å²) < 4.78 is 19.3. The van der Waals surface area contributed by atoms with Gasteiger partial charge in [-0.2, -0.15) is 0 Å². The van der Waals surface area contributed by atoms with Crippen LogP contribution in [0.3, 0.4) is 0 Å². The fourth-order valence-corrected chi connectivity index (χ4v) is 16.0. The maximum atomic E-state index is 6.44. The minimum absolute atomic E-state index is 1.05. The fourth-order valence-electron chi connectivity index (χ4n) is 3.17.